The van der Waals surface area contributed by atoms with Gasteiger partial charge in [-0.2, -0.15) is 0 Å². The molecule has 1 heterocycles. The van der Waals surface area contributed by atoms with Crippen LogP contribution in [0.2, 0.25) is 0 Å². The van der Waals surface area contributed by atoms with E-state index < -0.39 is 0 Å². The summed E-state index contributed by atoms with van der Waals surface area (Å²) in [4.78, 5) is 16.8. The summed E-state index contributed by atoms with van der Waals surface area (Å²) >= 11 is 1.42. The van der Waals surface area contributed by atoms with Crippen LogP contribution in [-0.4, -0.2) is 16.6 Å². The fourth-order valence-corrected chi connectivity index (χ4v) is 3.28. The van der Waals surface area contributed by atoms with Crippen molar-refractivity contribution < 1.29 is 9.18 Å². The van der Waals surface area contributed by atoms with Gasteiger partial charge in [-0.1, -0.05) is 36.9 Å². The first-order valence-corrected chi connectivity index (χ1v) is 8.71. The van der Waals surface area contributed by atoms with E-state index in [-0.39, 0.29) is 17.5 Å². The molecule has 1 amide bonds. The first-order valence-electron chi connectivity index (χ1n) is 7.72. The maximum absolute atomic E-state index is 12.9. The number of nitrogens with one attached hydrogen (secondary N) is 1. The summed E-state index contributed by atoms with van der Waals surface area (Å²) < 4.78 is 12.9. The molecule has 0 radical (unpaired) electrons. The minimum absolute atomic E-state index is 0.136. The molecule has 0 bridgehead atoms. The molecule has 2 aromatic carbocycles. The Kier molecular flexibility index (Phi) is 5.11. The number of para-hydroxylation sites is 1. The third kappa shape index (κ3) is 3.92. The number of hydrogen-bond acceptors (Lipinski definition) is 3. The number of amides is 1. The largest absolute Gasteiger partial charge is 0.325 e. The van der Waals surface area contributed by atoms with Crippen molar-refractivity contribution in [2.24, 2.45) is 0 Å². The minimum Gasteiger partial charge on any atom is -0.325 e. The third-order valence-electron chi connectivity index (χ3n) is 3.61. The van der Waals surface area contributed by atoms with Gasteiger partial charge in [-0.3, -0.25) is 4.79 Å². The van der Waals surface area contributed by atoms with Crippen molar-refractivity contribution in [1.29, 1.82) is 0 Å². The van der Waals surface area contributed by atoms with Crippen molar-refractivity contribution in [3.05, 3.63) is 66.0 Å². The molecule has 0 saturated carbocycles. The molecule has 0 fully saturated rings. The van der Waals surface area contributed by atoms with Crippen molar-refractivity contribution in [2.45, 2.75) is 18.4 Å². The van der Waals surface area contributed by atoms with Crippen LogP contribution in [0.15, 0.2) is 59.6 Å². The molecule has 122 valence electrons. The van der Waals surface area contributed by atoms with Crippen molar-refractivity contribution in [3.63, 3.8) is 0 Å². The average molecular weight is 340 g/mol. The molecule has 0 saturated heterocycles. The fraction of sp³-hybridized carbons (Fsp3) is 0.158. The van der Waals surface area contributed by atoms with E-state index in [1.54, 1.807) is 12.1 Å². The smallest absolute Gasteiger partial charge is 0.234 e. The van der Waals surface area contributed by atoms with Crippen LogP contribution in [0.4, 0.5) is 10.1 Å². The Balaban J connectivity index is 1.70. The average Bonchev–Trinajstić information content (AvgIpc) is 2.61. The molecule has 3 aromatic rings. The number of carbonyl (C=O) groups is 1. The lowest BCUT2D eigenvalue weighted by molar-refractivity contribution is -0.113. The highest BCUT2D eigenvalue weighted by Gasteiger charge is 2.09. The van der Waals surface area contributed by atoms with Gasteiger partial charge in [0.25, 0.3) is 0 Å². The van der Waals surface area contributed by atoms with E-state index in [0.29, 0.717) is 5.69 Å². The maximum Gasteiger partial charge on any atom is 0.234 e. The second kappa shape index (κ2) is 7.45. The Morgan fingerprint density at radius 1 is 1.17 bits per heavy atom. The van der Waals surface area contributed by atoms with Gasteiger partial charge in [0.15, 0.2) is 0 Å². The number of carbonyl (C=O) groups excluding carboxylic acids is 1. The zero-order valence-electron chi connectivity index (χ0n) is 13.3. The highest BCUT2D eigenvalue weighted by Crippen LogP contribution is 2.25. The molecule has 0 aliphatic rings. The van der Waals surface area contributed by atoms with Crippen molar-refractivity contribution in [1.82, 2.24) is 4.98 Å². The van der Waals surface area contributed by atoms with Crippen LogP contribution >= 0.6 is 11.8 Å². The Morgan fingerprint density at radius 3 is 2.67 bits per heavy atom. The van der Waals surface area contributed by atoms with Gasteiger partial charge < -0.3 is 5.32 Å². The highest BCUT2D eigenvalue weighted by atomic mass is 32.2. The molecule has 3 rings (SSSR count). The van der Waals surface area contributed by atoms with E-state index in [1.165, 1.54) is 23.9 Å². The molecular weight excluding hydrogens is 323 g/mol. The monoisotopic (exact) mass is 340 g/mol. The van der Waals surface area contributed by atoms with E-state index in [4.69, 9.17) is 0 Å². The number of thioether (sulfide) groups is 1. The second-order valence-electron chi connectivity index (χ2n) is 5.34. The third-order valence-corrected chi connectivity index (χ3v) is 4.65. The van der Waals surface area contributed by atoms with E-state index in [2.05, 4.69) is 23.3 Å². The molecule has 0 unspecified atom stereocenters. The lowest BCUT2D eigenvalue weighted by Gasteiger charge is -2.09. The van der Waals surface area contributed by atoms with E-state index in [0.717, 1.165) is 27.9 Å². The number of aryl methyl sites for hydroxylation is 1. The van der Waals surface area contributed by atoms with Gasteiger partial charge in [-0.25, -0.2) is 9.37 Å². The summed E-state index contributed by atoms with van der Waals surface area (Å²) in [5.41, 5.74) is 2.65. The Bertz CT molecular complexity index is 865. The van der Waals surface area contributed by atoms with Gasteiger partial charge in [0.2, 0.25) is 5.91 Å². The Labute approximate surface area is 144 Å². The van der Waals surface area contributed by atoms with Crippen molar-refractivity contribution >= 4 is 34.3 Å². The lowest BCUT2D eigenvalue weighted by Crippen LogP contribution is -2.14. The van der Waals surface area contributed by atoms with E-state index in [1.807, 2.05) is 24.3 Å². The first kappa shape index (κ1) is 16.5. The standard InChI is InChI=1S/C19H17FN2OS/c1-2-13-11-14-5-3-4-6-17(14)22-19(13)24-12-18(23)21-16-9-7-15(20)8-10-16/h3-11H,2,12H2,1H3,(H,21,23). The van der Waals surface area contributed by atoms with Gasteiger partial charge >= 0.3 is 0 Å². The number of anilines is 1. The highest BCUT2D eigenvalue weighted by molar-refractivity contribution is 8.00. The maximum atomic E-state index is 12.9. The molecule has 0 aliphatic carbocycles. The predicted octanol–water partition coefficient (Wildman–Crippen LogP) is 4.67. The zero-order chi connectivity index (χ0) is 16.9. The number of fused-ring (bicyclic) bond motifs is 1. The summed E-state index contributed by atoms with van der Waals surface area (Å²) in [5.74, 6) is -0.200. The number of halogens is 1. The number of pyridine rings is 1. The minimum atomic E-state index is -0.324. The molecule has 0 atom stereocenters. The van der Waals surface area contributed by atoms with E-state index >= 15 is 0 Å². The first-order chi connectivity index (χ1) is 11.7. The summed E-state index contributed by atoms with van der Waals surface area (Å²) in [6, 6.07) is 15.8. The van der Waals surface area contributed by atoms with Gasteiger partial charge in [0.1, 0.15) is 10.8 Å². The molecule has 0 aliphatic heterocycles. The quantitative estimate of drug-likeness (QED) is 0.687. The van der Waals surface area contributed by atoms with E-state index in [9.17, 15) is 9.18 Å². The van der Waals surface area contributed by atoms with Gasteiger partial charge in [-0.05, 0) is 48.4 Å². The fourth-order valence-electron chi connectivity index (χ4n) is 2.38. The summed E-state index contributed by atoms with van der Waals surface area (Å²) in [5, 5.41) is 4.75. The molecular formula is C19H17FN2OS. The van der Waals surface area contributed by atoms with Crippen LogP contribution in [0.1, 0.15) is 12.5 Å². The van der Waals surface area contributed by atoms with Gasteiger partial charge in [-0.15, -0.1) is 0 Å². The van der Waals surface area contributed by atoms with Crippen LogP contribution in [0, 0.1) is 5.82 Å². The van der Waals surface area contributed by atoms with Crippen LogP contribution in [-0.2, 0) is 11.2 Å². The molecule has 5 heteroatoms. The molecule has 1 N–H and O–H groups in total. The summed E-state index contributed by atoms with van der Waals surface area (Å²) in [6.45, 7) is 2.08. The number of rotatable bonds is 5. The van der Waals surface area contributed by atoms with Crippen LogP contribution in [0.5, 0.6) is 0 Å². The van der Waals surface area contributed by atoms with Crippen LogP contribution in [0.3, 0.4) is 0 Å². The topological polar surface area (TPSA) is 42.0 Å². The number of aromatic nitrogens is 1. The van der Waals surface area contributed by atoms with Crippen molar-refractivity contribution in [2.75, 3.05) is 11.1 Å². The molecule has 3 nitrogen and oxygen atoms in total. The second-order valence-corrected chi connectivity index (χ2v) is 6.31. The molecule has 1 aromatic heterocycles. The molecule has 24 heavy (non-hydrogen) atoms. The number of benzene rings is 2. The SMILES string of the molecule is CCc1cc2ccccc2nc1SCC(=O)Nc1ccc(F)cc1. The zero-order valence-corrected chi connectivity index (χ0v) is 14.1. The predicted molar refractivity (Wildman–Crippen MR) is 96.9 cm³/mol. The normalized spacial score (nSPS) is 10.8. The van der Waals surface area contributed by atoms with Gasteiger partial charge in [0.05, 0.1) is 11.3 Å². The number of nitrogens with zero attached hydrogens (tertiary/aromatic N) is 1. The Hall–Kier alpha value is -2.40. The number of hydrogen-bond donors (Lipinski definition) is 1. The summed E-state index contributed by atoms with van der Waals surface area (Å²) in [7, 11) is 0. The summed E-state index contributed by atoms with van der Waals surface area (Å²) in [6.07, 6.45) is 0.861. The molecule has 0 spiro atoms. The van der Waals surface area contributed by atoms with Crippen LogP contribution < -0.4 is 5.32 Å². The van der Waals surface area contributed by atoms with Crippen LogP contribution in [0.25, 0.3) is 10.9 Å². The van der Waals surface area contributed by atoms with Crippen molar-refractivity contribution in [3.8, 4) is 0 Å². The Morgan fingerprint density at radius 2 is 1.92 bits per heavy atom. The lowest BCUT2D eigenvalue weighted by atomic mass is 10.1. The van der Waals surface area contributed by atoms with Gasteiger partial charge in [0, 0.05) is 11.1 Å².